The van der Waals surface area contributed by atoms with Crippen LogP contribution >= 0.6 is 23.7 Å². The normalized spacial score (nSPS) is 26.8. The zero-order valence-corrected chi connectivity index (χ0v) is 28.5. The summed E-state index contributed by atoms with van der Waals surface area (Å²) in [5.41, 5.74) is 1.63. The Kier molecular flexibility index (Phi) is 14.0. The Labute approximate surface area is 278 Å². The molecule has 0 radical (unpaired) electrons. The summed E-state index contributed by atoms with van der Waals surface area (Å²) in [7, 11) is 4.32. The lowest BCUT2D eigenvalue weighted by atomic mass is 9.82. The molecule has 3 aliphatic rings. The van der Waals surface area contributed by atoms with Crippen LogP contribution in [0, 0.1) is 17.8 Å². The van der Waals surface area contributed by atoms with Gasteiger partial charge in [0.15, 0.2) is 0 Å². The maximum atomic E-state index is 14.3. The Morgan fingerprint density at radius 3 is 2.05 bits per heavy atom. The van der Waals surface area contributed by atoms with Crippen LogP contribution in [0.1, 0.15) is 68.0 Å². The molecule has 1 aromatic carbocycles. The van der Waals surface area contributed by atoms with Gasteiger partial charge in [-0.2, -0.15) is 0 Å². The minimum atomic E-state index is -0.550. The van der Waals surface area contributed by atoms with Crippen LogP contribution < -0.4 is 27.1 Å². The number of carbonyl (C=O) groups is 3. The summed E-state index contributed by atoms with van der Waals surface area (Å²) < 4.78 is 11.0. The number of piperidine rings is 2. The van der Waals surface area contributed by atoms with E-state index in [0.717, 1.165) is 88.0 Å². The van der Waals surface area contributed by atoms with Gasteiger partial charge in [-0.1, -0.05) is 37.3 Å². The molecule has 1 aliphatic carbocycles. The van der Waals surface area contributed by atoms with Gasteiger partial charge in [0.1, 0.15) is 4.88 Å². The number of carbonyl (C=O) groups excluding carboxylic acids is 3. The van der Waals surface area contributed by atoms with E-state index in [1.165, 1.54) is 21.1 Å². The van der Waals surface area contributed by atoms with Crippen molar-refractivity contribution in [2.75, 3.05) is 52.0 Å². The molecule has 1 amide bonds. The van der Waals surface area contributed by atoms with Crippen LogP contribution in [0.4, 0.5) is 5.69 Å². The monoisotopic (exact) mass is 668 g/mol. The van der Waals surface area contributed by atoms with E-state index in [-0.39, 0.29) is 54.6 Å². The third kappa shape index (κ3) is 8.97. The standard InChI is InChI=1S/C33H45N3O5S.2ClH/c1-23-9-11-25(12-10-23)31(37)36(27-15-19-35(3)20-16-27)28-21-29(24-7-5-4-6-8-24)42-30(28)33(39)41-22-40-32(38)26-13-17-34(2)18-14-26;;/h4-8,21,23,25-27H,9-20,22H2,1-3H3;2*1H/p+1. The van der Waals surface area contributed by atoms with Crippen molar-refractivity contribution in [1.82, 2.24) is 0 Å². The molecule has 0 bridgehead atoms. The molecule has 0 atom stereocenters. The average molecular weight is 670 g/mol. The highest BCUT2D eigenvalue weighted by Gasteiger charge is 2.38. The first-order valence-electron chi connectivity index (χ1n) is 15.8. The molecule has 0 spiro atoms. The number of hydrogen-bond acceptors (Lipinski definition) is 6. The van der Waals surface area contributed by atoms with E-state index < -0.39 is 12.8 Å². The molecule has 244 valence electrons. The Balaban J connectivity index is 0.00000264. The fourth-order valence-corrected chi connectivity index (χ4v) is 7.72. The van der Waals surface area contributed by atoms with Gasteiger partial charge in [0, 0.05) is 42.5 Å². The van der Waals surface area contributed by atoms with E-state index in [0.29, 0.717) is 16.5 Å². The van der Waals surface area contributed by atoms with Crippen molar-refractivity contribution < 1.29 is 46.1 Å². The van der Waals surface area contributed by atoms with Crippen molar-refractivity contribution >= 4 is 47.3 Å². The van der Waals surface area contributed by atoms with Gasteiger partial charge >= 0.3 is 11.9 Å². The number of benzene rings is 1. The Morgan fingerprint density at radius 1 is 0.841 bits per heavy atom. The van der Waals surface area contributed by atoms with Crippen molar-refractivity contribution in [3.8, 4) is 10.4 Å². The summed E-state index contributed by atoms with van der Waals surface area (Å²) in [4.78, 5) is 46.7. The maximum absolute atomic E-state index is 14.3. The molecular weight excluding hydrogens is 621 g/mol. The first-order valence-corrected chi connectivity index (χ1v) is 16.6. The first-order chi connectivity index (χ1) is 20.3. The SMILES string of the molecule is CC1CCC(C(=O)N(c2cc(-c3ccccc3)sc2C(=O)OCOC(=O)C2CC[NH+](C)CC2)C2CC[NH+](C)CC2)CC1.Cl.[Cl-]. The summed E-state index contributed by atoms with van der Waals surface area (Å²) in [5, 5.41) is 0. The molecule has 0 unspecified atom stereocenters. The second kappa shape index (κ2) is 16.9. The molecule has 44 heavy (non-hydrogen) atoms. The quantitative estimate of drug-likeness (QED) is 0.312. The zero-order chi connectivity index (χ0) is 29.6. The fraction of sp³-hybridized carbons (Fsp3) is 0.606. The predicted octanol–water partition coefficient (Wildman–Crippen LogP) is 0.260. The number of anilines is 1. The molecule has 3 fully saturated rings. The Hall–Kier alpha value is -2.17. The second-order valence-electron chi connectivity index (χ2n) is 12.8. The van der Waals surface area contributed by atoms with Gasteiger partial charge in [-0.25, -0.2) is 4.79 Å². The summed E-state index contributed by atoms with van der Waals surface area (Å²) in [6.07, 6.45) is 7.23. The van der Waals surface area contributed by atoms with Gasteiger partial charge in [0.05, 0.1) is 51.9 Å². The lowest BCUT2D eigenvalue weighted by Crippen LogP contribution is -3.10. The minimum absolute atomic E-state index is 0. The van der Waals surface area contributed by atoms with Crippen molar-refractivity contribution in [2.24, 2.45) is 17.8 Å². The minimum Gasteiger partial charge on any atom is -1.00 e. The molecule has 5 rings (SSSR count). The van der Waals surface area contributed by atoms with E-state index in [9.17, 15) is 14.4 Å². The number of hydrogen-bond donors (Lipinski definition) is 2. The highest BCUT2D eigenvalue weighted by molar-refractivity contribution is 7.18. The average Bonchev–Trinajstić information content (AvgIpc) is 3.44. The van der Waals surface area contributed by atoms with E-state index in [4.69, 9.17) is 9.47 Å². The molecule has 1 aromatic heterocycles. The molecule has 3 heterocycles. The number of amides is 1. The van der Waals surface area contributed by atoms with Crippen LogP contribution in [-0.2, 0) is 19.1 Å². The number of halogens is 2. The summed E-state index contributed by atoms with van der Waals surface area (Å²) >= 11 is 1.35. The molecule has 2 N–H and O–H groups in total. The van der Waals surface area contributed by atoms with Crippen LogP contribution in [0.2, 0.25) is 0 Å². The zero-order valence-electron chi connectivity index (χ0n) is 26.1. The van der Waals surface area contributed by atoms with Gasteiger partial charge in [-0.3, -0.25) is 9.59 Å². The molecule has 8 nitrogen and oxygen atoms in total. The van der Waals surface area contributed by atoms with Gasteiger partial charge in [-0.15, -0.1) is 23.7 Å². The van der Waals surface area contributed by atoms with Crippen molar-refractivity contribution in [3.05, 3.63) is 41.3 Å². The number of thiophene rings is 1. The van der Waals surface area contributed by atoms with Crippen LogP contribution in [-0.4, -0.2) is 71.0 Å². The van der Waals surface area contributed by atoms with E-state index >= 15 is 0 Å². The van der Waals surface area contributed by atoms with Gasteiger partial charge in [-0.05, 0) is 43.2 Å². The van der Waals surface area contributed by atoms with Crippen molar-refractivity contribution in [3.63, 3.8) is 0 Å². The number of likely N-dealkylation sites (tertiary alicyclic amines) is 2. The second-order valence-corrected chi connectivity index (χ2v) is 13.8. The predicted molar refractivity (Wildman–Crippen MR) is 171 cm³/mol. The molecule has 2 saturated heterocycles. The highest BCUT2D eigenvalue weighted by atomic mass is 35.5. The number of ether oxygens (including phenoxy) is 2. The number of rotatable bonds is 8. The van der Waals surface area contributed by atoms with E-state index in [1.54, 1.807) is 0 Å². The van der Waals surface area contributed by atoms with Crippen LogP contribution in [0.3, 0.4) is 0 Å². The van der Waals surface area contributed by atoms with Crippen molar-refractivity contribution in [2.45, 2.75) is 64.3 Å². The summed E-state index contributed by atoms with van der Waals surface area (Å²) in [6.45, 7) is 5.68. The van der Waals surface area contributed by atoms with Crippen molar-refractivity contribution in [1.29, 1.82) is 0 Å². The van der Waals surface area contributed by atoms with Gasteiger partial charge in [0.2, 0.25) is 12.7 Å². The van der Waals surface area contributed by atoms with Gasteiger partial charge in [0.25, 0.3) is 0 Å². The van der Waals surface area contributed by atoms with Crippen LogP contribution in [0.5, 0.6) is 0 Å². The largest absolute Gasteiger partial charge is 1.00 e. The first kappa shape index (κ1) is 36.3. The highest BCUT2D eigenvalue weighted by Crippen LogP contribution is 2.41. The molecule has 1 saturated carbocycles. The smallest absolute Gasteiger partial charge is 0.353 e. The van der Waals surface area contributed by atoms with Crippen LogP contribution in [0.25, 0.3) is 10.4 Å². The third-order valence-corrected chi connectivity index (χ3v) is 10.7. The van der Waals surface area contributed by atoms with E-state index in [2.05, 4.69) is 21.0 Å². The lowest BCUT2D eigenvalue weighted by Gasteiger charge is -2.38. The summed E-state index contributed by atoms with van der Waals surface area (Å²) in [6, 6.07) is 12.0. The third-order valence-electron chi connectivity index (χ3n) is 9.56. The van der Waals surface area contributed by atoms with Gasteiger partial charge < -0.3 is 36.6 Å². The Morgan fingerprint density at radius 2 is 1.43 bits per heavy atom. The summed E-state index contributed by atoms with van der Waals surface area (Å²) in [5.74, 6) is -0.255. The van der Waals surface area contributed by atoms with Crippen LogP contribution in [0.15, 0.2) is 36.4 Å². The van der Waals surface area contributed by atoms with E-state index in [1.807, 2.05) is 41.3 Å². The fourth-order valence-electron chi connectivity index (χ4n) is 6.67. The number of nitrogens with one attached hydrogen (secondary N) is 2. The lowest BCUT2D eigenvalue weighted by molar-refractivity contribution is -0.885. The number of nitrogens with zero attached hydrogens (tertiary/aromatic N) is 1. The molecule has 2 aliphatic heterocycles. The number of esters is 2. The number of quaternary nitrogens is 2. The molecule has 2 aromatic rings. The molecule has 11 heteroatoms. The Bertz CT molecular complexity index is 1220. The topological polar surface area (TPSA) is 81.8 Å². The molecular formula is C33H48Cl2N3O5S+. The maximum Gasteiger partial charge on any atom is 0.353 e.